The number of aromatic nitrogens is 2. The molecule has 0 amide bonds. The first-order valence-corrected chi connectivity index (χ1v) is 6.92. The van der Waals surface area contributed by atoms with Crippen LogP contribution in [0.2, 0.25) is 5.02 Å². The number of hydrogen-bond acceptors (Lipinski definition) is 2. The standard InChI is InChI=1S/C15H20ClN3/c1-5-19-14(8-11(3)18-19)15(17-4)12-7-6-10(2)13(16)9-12/h6-9,15,17H,5H2,1-4H3. The van der Waals surface area contributed by atoms with Gasteiger partial charge >= 0.3 is 0 Å². The quantitative estimate of drug-likeness (QED) is 0.927. The summed E-state index contributed by atoms with van der Waals surface area (Å²) in [6.45, 7) is 7.00. The zero-order valence-electron chi connectivity index (χ0n) is 11.9. The second-order valence-electron chi connectivity index (χ2n) is 4.76. The Morgan fingerprint density at radius 3 is 2.63 bits per heavy atom. The number of nitrogens with one attached hydrogen (secondary N) is 1. The molecule has 102 valence electrons. The molecule has 1 N–H and O–H groups in total. The summed E-state index contributed by atoms with van der Waals surface area (Å²) in [4.78, 5) is 0. The molecular weight excluding hydrogens is 258 g/mol. The van der Waals surface area contributed by atoms with Crippen molar-refractivity contribution in [3.63, 3.8) is 0 Å². The predicted octanol–water partition coefficient (Wildman–Crippen LogP) is 3.48. The van der Waals surface area contributed by atoms with Gasteiger partial charge in [-0.25, -0.2) is 0 Å². The van der Waals surface area contributed by atoms with Crippen LogP contribution < -0.4 is 5.32 Å². The molecule has 19 heavy (non-hydrogen) atoms. The van der Waals surface area contributed by atoms with Crippen molar-refractivity contribution >= 4 is 11.6 Å². The summed E-state index contributed by atoms with van der Waals surface area (Å²) in [5.41, 5.74) is 4.46. The van der Waals surface area contributed by atoms with E-state index < -0.39 is 0 Å². The molecule has 1 atom stereocenters. The fourth-order valence-corrected chi connectivity index (χ4v) is 2.51. The predicted molar refractivity (Wildman–Crippen MR) is 79.7 cm³/mol. The van der Waals surface area contributed by atoms with Gasteiger partial charge in [-0.1, -0.05) is 23.7 Å². The first-order chi connectivity index (χ1) is 9.06. The third-order valence-electron chi connectivity index (χ3n) is 3.35. The SMILES string of the molecule is CCn1nc(C)cc1C(NC)c1ccc(C)c(Cl)c1. The molecule has 0 radical (unpaired) electrons. The highest BCUT2D eigenvalue weighted by Gasteiger charge is 2.17. The van der Waals surface area contributed by atoms with E-state index in [0.29, 0.717) is 0 Å². The van der Waals surface area contributed by atoms with E-state index in [4.69, 9.17) is 11.6 Å². The number of rotatable bonds is 4. The highest BCUT2D eigenvalue weighted by molar-refractivity contribution is 6.31. The van der Waals surface area contributed by atoms with Crippen LogP contribution in [0, 0.1) is 13.8 Å². The largest absolute Gasteiger partial charge is 0.308 e. The third kappa shape index (κ3) is 2.82. The van der Waals surface area contributed by atoms with E-state index in [1.54, 1.807) is 0 Å². The molecule has 0 spiro atoms. The van der Waals surface area contributed by atoms with Gasteiger partial charge in [0.05, 0.1) is 17.4 Å². The minimum atomic E-state index is 0.110. The van der Waals surface area contributed by atoms with E-state index in [-0.39, 0.29) is 6.04 Å². The minimum Gasteiger partial charge on any atom is -0.308 e. The van der Waals surface area contributed by atoms with Crippen LogP contribution in [-0.4, -0.2) is 16.8 Å². The molecule has 2 aromatic rings. The van der Waals surface area contributed by atoms with Crippen LogP contribution in [0.5, 0.6) is 0 Å². The summed E-state index contributed by atoms with van der Waals surface area (Å²) in [6.07, 6.45) is 0. The molecule has 0 bridgehead atoms. The zero-order chi connectivity index (χ0) is 14.0. The van der Waals surface area contributed by atoms with Gasteiger partial charge < -0.3 is 5.32 Å². The topological polar surface area (TPSA) is 29.9 Å². The van der Waals surface area contributed by atoms with Crippen molar-refractivity contribution in [3.8, 4) is 0 Å². The lowest BCUT2D eigenvalue weighted by Crippen LogP contribution is -2.21. The second-order valence-corrected chi connectivity index (χ2v) is 5.16. The molecule has 1 aromatic carbocycles. The molecule has 0 fully saturated rings. The van der Waals surface area contributed by atoms with Crippen LogP contribution >= 0.6 is 11.6 Å². The Kier molecular flexibility index (Phi) is 4.27. The van der Waals surface area contributed by atoms with Crippen LogP contribution in [0.25, 0.3) is 0 Å². The maximum absolute atomic E-state index is 6.23. The lowest BCUT2D eigenvalue weighted by atomic mass is 10.0. The smallest absolute Gasteiger partial charge is 0.0746 e. The van der Waals surface area contributed by atoms with Crippen molar-refractivity contribution in [1.82, 2.24) is 15.1 Å². The zero-order valence-corrected chi connectivity index (χ0v) is 12.6. The van der Waals surface area contributed by atoms with E-state index in [0.717, 1.165) is 28.4 Å². The van der Waals surface area contributed by atoms with Gasteiger partial charge in [-0.15, -0.1) is 0 Å². The van der Waals surface area contributed by atoms with Crippen LogP contribution in [0.3, 0.4) is 0 Å². The summed E-state index contributed by atoms with van der Waals surface area (Å²) < 4.78 is 2.03. The van der Waals surface area contributed by atoms with E-state index >= 15 is 0 Å². The lowest BCUT2D eigenvalue weighted by Gasteiger charge is -2.18. The summed E-state index contributed by atoms with van der Waals surface area (Å²) in [5, 5.41) is 8.66. The van der Waals surface area contributed by atoms with Gasteiger partial charge in [0.15, 0.2) is 0 Å². The Hall–Kier alpha value is -1.32. The van der Waals surface area contributed by atoms with E-state index in [1.807, 2.05) is 31.6 Å². The molecule has 0 saturated heterocycles. The average Bonchev–Trinajstić information content (AvgIpc) is 2.76. The summed E-state index contributed by atoms with van der Waals surface area (Å²) in [7, 11) is 1.96. The number of aryl methyl sites for hydroxylation is 3. The van der Waals surface area contributed by atoms with Gasteiger partial charge in [0.25, 0.3) is 0 Å². The van der Waals surface area contributed by atoms with Crippen molar-refractivity contribution in [2.24, 2.45) is 0 Å². The summed E-state index contributed by atoms with van der Waals surface area (Å²) >= 11 is 6.23. The molecule has 4 heteroatoms. The highest BCUT2D eigenvalue weighted by Crippen LogP contribution is 2.26. The molecule has 0 aliphatic rings. The van der Waals surface area contributed by atoms with Crippen LogP contribution in [0.15, 0.2) is 24.3 Å². The Labute approximate surface area is 119 Å². The molecule has 1 aromatic heterocycles. The number of hydrogen-bond donors (Lipinski definition) is 1. The van der Waals surface area contributed by atoms with Gasteiger partial charge in [0.2, 0.25) is 0 Å². The molecular formula is C15H20ClN3. The van der Waals surface area contributed by atoms with Crippen molar-refractivity contribution in [2.75, 3.05) is 7.05 Å². The molecule has 0 aliphatic carbocycles. The van der Waals surface area contributed by atoms with E-state index in [9.17, 15) is 0 Å². The van der Waals surface area contributed by atoms with Crippen molar-refractivity contribution in [2.45, 2.75) is 33.4 Å². The fraction of sp³-hybridized carbons (Fsp3) is 0.400. The van der Waals surface area contributed by atoms with Crippen LogP contribution in [0.4, 0.5) is 0 Å². The molecule has 1 heterocycles. The van der Waals surface area contributed by atoms with Gasteiger partial charge in [-0.3, -0.25) is 4.68 Å². The van der Waals surface area contributed by atoms with Gasteiger partial charge in [0.1, 0.15) is 0 Å². The maximum atomic E-state index is 6.23. The van der Waals surface area contributed by atoms with Gasteiger partial charge in [-0.2, -0.15) is 5.10 Å². The van der Waals surface area contributed by atoms with Crippen molar-refractivity contribution in [3.05, 3.63) is 51.8 Å². The normalized spacial score (nSPS) is 12.7. The molecule has 3 nitrogen and oxygen atoms in total. The maximum Gasteiger partial charge on any atom is 0.0746 e. The second kappa shape index (κ2) is 5.76. The molecule has 1 unspecified atom stereocenters. The minimum absolute atomic E-state index is 0.110. The average molecular weight is 278 g/mol. The lowest BCUT2D eigenvalue weighted by molar-refractivity contribution is 0.561. The van der Waals surface area contributed by atoms with E-state index in [1.165, 1.54) is 5.69 Å². The molecule has 0 aliphatic heterocycles. The fourth-order valence-electron chi connectivity index (χ4n) is 2.33. The van der Waals surface area contributed by atoms with Gasteiger partial charge in [0, 0.05) is 11.6 Å². The first kappa shape index (κ1) is 14.1. The van der Waals surface area contributed by atoms with Crippen molar-refractivity contribution in [1.29, 1.82) is 0 Å². The summed E-state index contributed by atoms with van der Waals surface area (Å²) in [6, 6.07) is 8.43. The Balaban J connectivity index is 2.46. The van der Waals surface area contributed by atoms with Crippen LogP contribution in [0.1, 0.15) is 35.5 Å². The monoisotopic (exact) mass is 277 g/mol. The summed E-state index contributed by atoms with van der Waals surface area (Å²) in [5.74, 6) is 0. The Morgan fingerprint density at radius 1 is 1.32 bits per heavy atom. The third-order valence-corrected chi connectivity index (χ3v) is 3.75. The number of nitrogens with zero attached hydrogens (tertiary/aromatic N) is 2. The van der Waals surface area contributed by atoms with Gasteiger partial charge in [-0.05, 0) is 51.1 Å². The Morgan fingerprint density at radius 2 is 2.05 bits per heavy atom. The number of halogens is 1. The van der Waals surface area contributed by atoms with Crippen molar-refractivity contribution < 1.29 is 0 Å². The van der Waals surface area contributed by atoms with Crippen LogP contribution in [-0.2, 0) is 6.54 Å². The Bertz CT molecular complexity index is 575. The first-order valence-electron chi connectivity index (χ1n) is 6.54. The molecule has 0 saturated carbocycles. The molecule has 2 rings (SSSR count). The highest BCUT2D eigenvalue weighted by atomic mass is 35.5. The van der Waals surface area contributed by atoms with E-state index in [2.05, 4.69) is 35.5 Å². The number of benzene rings is 1.